The molecule has 0 fully saturated rings. The van der Waals surface area contributed by atoms with Gasteiger partial charge in [0.05, 0.1) is 6.61 Å². The molecule has 0 radical (unpaired) electrons. The first-order valence-corrected chi connectivity index (χ1v) is 6.32. The van der Waals surface area contributed by atoms with Gasteiger partial charge < -0.3 is 15.4 Å². The first-order chi connectivity index (χ1) is 10.2. The van der Waals surface area contributed by atoms with Crippen molar-refractivity contribution in [2.75, 3.05) is 25.6 Å². The molecule has 0 aliphatic carbocycles. The number of rotatable bonds is 6. The Kier molecular flexibility index (Phi) is 5.16. The molecule has 2 aromatic rings. The lowest BCUT2D eigenvalue weighted by atomic mass is 10.3. The predicted octanol–water partition coefficient (Wildman–Crippen LogP) is 1.74. The standard InChI is InChI=1S/C14H15FN4O2/c1-21-9-8-16-13(20)12-6-7-17-14(19-12)18-11-4-2-10(15)3-5-11/h2-7H,8-9H2,1H3,(H,16,20)(H,17,18,19). The molecule has 0 spiro atoms. The summed E-state index contributed by atoms with van der Waals surface area (Å²) in [5.74, 6) is -0.370. The van der Waals surface area contributed by atoms with Gasteiger partial charge in [-0.05, 0) is 30.3 Å². The molecule has 2 rings (SSSR count). The van der Waals surface area contributed by atoms with E-state index >= 15 is 0 Å². The van der Waals surface area contributed by atoms with Crippen molar-refractivity contribution in [1.29, 1.82) is 0 Å². The fourth-order valence-corrected chi connectivity index (χ4v) is 1.56. The molecule has 1 heterocycles. The molecule has 0 saturated heterocycles. The van der Waals surface area contributed by atoms with Gasteiger partial charge in [-0.15, -0.1) is 0 Å². The number of halogens is 1. The van der Waals surface area contributed by atoms with Crippen LogP contribution in [0.4, 0.5) is 16.0 Å². The van der Waals surface area contributed by atoms with E-state index in [1.807, 2.05) is 0 Å². The maximum atomic E-state index is 12.8. The van der Waals surface area contributed by atoms with Crippen molar-refractivity contribution in [3.63, 3.8) is 0 Å². The lowest BCUT2D eigenvalue weighted by Gasteiger charge is -2.07. The fraction of sp³-hybridized carbons (Fsp3) is 0.214. The molecule has 7 heteroatoms. The number of benzene rings is 1. The molecule has 21 heavy (non-hydrogen) atoms. The van der Waals surface area contributed by atoms with Crippen LogP contribution < -0.4 is 10.6 Å². The van der Waals surface area contributed by atoms with Crippen LogP contribution in [0.25, 0.3) is 0 Å². The minimum absolute atomic E-state index is 0.241. The van der Waals surface area contributed by atoms with Gasteiger partial charge in [-0.25, -0.2) is 14.4 Å². The van der Waals surface area contributed by atoms with E-state index in [0.717, 1.165) is 0 Å². The molecule has 0 atom stereocenters. The molecule has 110 valence electrons. The number of carbonyl (C=O) groups excluding carboxylic acids is 1. The van der Waals surface area contributed by atoms with Crippen molar-refractivity contribution in [1.82, 2.24) is 15.3 Å². The van der Waals surface area contributed by atoms with Gasteiger partial charge in [0.25, 0.3) is 5.91 Å². The third kappa shape index (κ3) is 4.50. The number of nitrogens with zero attached hydrogens (tertiary/aromatic N) is 2. The van der Waals surface area contributed by atoms with Crippen LogP contribution in [0.1, 0.15) is 10.5 Å². The summed E-state index contributed by atoms with van der Waals surface area (Å²) in [6, 6.07) is 7.28. The lowest BCUT2D eigenvalue weighted by Crippen LogP contribution is -2.27. The van der Waals surface area contributed by atoms with Crippen LogP contribution in [0.5, 0.6) is 0 Å². The third-order valence-electron chi connectivity index (χ3n) is 2.58. The SMILES string of the molecule is COCCNC(=O)c1ccnc(Nc2ccc(F)cc2)n1. The minimum Gasteiger partial charge on any atom is -0.383 e. The molecule has 2 N–H and O–H groups in total. The van der Waals surface area contributed by atoms with E-state index in [4.69, 9.17) is 4.74 Å². The normalized spacial score (nSPS) is 10.2. The molecule has 1 amide bonds. The van der Waals surface area contributed by atoms with Crippen LogP contribution in [0, 0.1) is 5.82 Å². The predicted molar refractivity (Wildman–Crippen MR) is 75.9 cm³/mol. The minimum atomic E-state index is -0.326. The maximum Gasteiger partial charge on any atom is 0.270 e. The van der Waals surface area contributed by atoms with Crippen molar-refractivity contribution in [3.8, 4) is 0 Å². The number of amides is 1. The van der Waals surface area contributed by atoms with Gasteiger partial charge in [0, 0.05) is 25.5 Å². The summed E-state index contributed by atoms with van der Waals surface area (Å²) in [7, 11) is 1.56. The Morgan fingerprint density at radius 2 is 2.05 bits per heavy atom. The second-order valence-corrected chi connectivity index (χ2v) is 4.15. The average molecular weight is 290 g/mol. The van der Waals surface area contributed by atoms with E-state index in [0.29, 0.717) is 18.8 Å². The first kappa shape index (κ1) is 14.9. The number of hydrogen-bond donors (Lipinski definition) is 2. The topological polar surface area (TPSA) is 76.1 Å². The average Bonchev–Trinajstić information content (AvgIpc) is 2.50. The highest BCUT2D eigenvalue weighted by molar-refractivity contribution is 5.92. The molecule has 0 bridgehead atoms. The Labute approximate surface area is 121 Å². The van der Waals surface area contributed by atoms with Crippen LogP contribution in [-0.4, -0.2) is 36.1 Å². The Bertz CT molecular complexity index is 604. The zero-order valence-electron chi connectivity index (χ0n) is 11.5. The summed E-state index contributed by atoms with van der Waals surface area (Å²) in [6.45, 7) is 0.831. The van der Waals surface area contributed by atoms with Crippen molar-refractivity contribution in [2.24, 2.45) is 0 Å². The van der Waals surface area contributed by atoms with Crippen LogP contribution in [0.15, 0.2) is 36.5 Å². The van der Waals surface area contributed by atoms with Crippen LogP contribution in [-0.2, 0) is 4.74 Å². The van der Waals surface area contributed by atoms with E-state index in [1.54, 1.807) is 19.2 Å². The molecular weight excluding hydrogens is 275 g/mol. The number of carbonyl (C=O) groups is 1. The molecule has 1 aromatic heterocycles. The summed E-state index contributed by atoms with van der Waals surface area (Å²) >= 11 is 0. The quantitative estimate of drug-likeness (QED) is 0.792. The number of methoxy groups -OCH3 is 1. The summed E-state index contributed by atoms with van der Waals surface area (Å²) < 4.78 is 17.7. The number of ether oxygens (including phenoxy) is 1. The molecule has 0 aliphatic heterocycles. The molecule has 0 aliphatic rings. The van der Waals surface area contributed by atoms with Crippen LogP contribution >= 0.6 is 0 Å². The van der Waals surface area contributed by atoms with Gasteiger partial charge in [-0.1, -0.05) is 0 Å². The molecule has 0 unspecified atom stereocenters. The highest BCUT2D eigenvalue weighted by Crippen LogP contribution is 2.13. The van der Waals surface area contributed by atoms with Gasteiger partial charge in [-0.2, -0.15) is 0 Å². The summed E-state index contributed by atoms with van der Waals surface area (Å²) in [6.07, 6.45) is 1.48. The van der Waals surface area contributed by atoms with Gasteiger partial charge in [0.2, 0.25) is 5.95 Å². The van der Waals surface area contributed by atoms with Gasteiger partial charge in [-0.3, -0.25) is 4.79 Å². The van der Waals surface area contributed by atoms with Crippen LogP contribution in [0.2, 0.25) is 0 Å². The number of aromatic nitrogens is 2. The molecule has 1 aromatic carbocycles. The summed E-state index contributed by atoms with van der Waals surface area (Å²) in [4.78, 5) is 20.0. The van der Waals surface area contributed by atoms with Crippen molar-refractivity contribution in [2.45, 2.75) is 0 Å². The van der Waals surface area contributed by atoms with E-state index in [2.05, 4.69) is 20.6 Å². The van der Waals surface area contributed by atoms with Gasteiger partial charge in [0.15, 0.2) is 0 Å². The Hall–Kier alpha value is -2.54. The fourth-order valence-electron chi connectivity index (χ4n) is 1.56. The number of anilines is 2. The Morgan fingerprint density at radius 3 is 2.76 bits per heavy atom. The largest absolute Gasteiger partial charge is 0.383 e. The third-order valence-corrected chi connectivity index (χ3v) is 2.58. The lowest BCUT2D eigenvalue weighted by molar-refractivity contribution is 0.0932. The van der Waals surface area contributed by atoms with Gasteiger partial charge in [0.1, 0.15) is 11.5 Å². The molecule has 6 nitrogen and oxygen atoms in total. The first-order valence-electron chi connectivity index (χ1n) is 6.32. The Morgan fingerprint density at radius 1 is 1.29 bits per heavy atom. The van der Waals surface area contributed by atoms with Crippen LogP contribution in [0.3, 0.4) is 0 Å². The highest BCUT2D eigenvalue weighted by atomic mass is 19.1. The smallest absolute Gasteiger partial charge is 0.270 e. The second-order valence-electron chi connectivity index (χ2n) is 4.15. The second kappa shape index (κ2) is 7.30. The van der Waals surface area contributed by atoms with E-state index in [9.17, 15) is 9.18 Å². The van der Waals surface area contributed by atoms with E-state index in [-0.39, 0.29) is 23.4 Å². The zero-order valence-corrected chi connectivity index (χ0v) is 11.5. The highest BCUT2D eigenvalue weighted by Gasteiger charge is 2.08. The van der Waals surface area contributed by atoms with E-state index in [1.165, 1.54) is 24.4 Å². The van der Waals surface area contributed by atoms with Crippen molar-refractivity contribution < 1.29 is 13.9 Å². The molecule has 0 saturated carbocycles. The van der Waals surface area contributed by atoms with E-state index < -0.39 is 0 Å². The van der Waals surface area contributed by atoms with Crippen molar-refractivity contribution in [3.05, 3.63) is 48.0 Å². The Balaban J connectivity index is 2.03. The molecular formula is C14H15FN4O2. The van der Waals surface area contributed by atoms with Gasteiger partial charge >= 0.3 is 0 Å². The maximum absolute atomic E-state index is 12.8. The summed E-state index contributed by atoms with van der Waals surface area (Å²) in [5.41, 5.74) is 0.874. The number of hydrogen-bond acceptors (Lipinski definition) is 5. The number of nitrogens with one attached hydrogen (secondary N) is 2. The van der Waals surface area contributed by atoms with Crippen molar-refractivity contribution >= 4 is 17.5 Å². The zero-order chi connectivity index (χ0) is 15.1. The monoisotopic (exact) mass is 290 g/mol. The summed E-state index contributed by atoms with van der Waals surface area (Å²) in [5, 5.41) is 5.57.